The minimum absolute atomic E-state index is 0. The first-order chi connectivity index (χ1) is 12.8. The molecule has 0 aliphatic rings. The zero-order valence-corrected chi connectivity index (χ0v) is 18.5. The Balaban J connectivity index is 0.00000420. The summed E-state index contributed by atoms with van der Waals surface area (Å²) in [5.74, 6) is 0. The molecule has 2 aromatic heterocycles. The molecule has 7 nitrogen and oxygen atoms in total. The molecule has 0 unspecified atom stereocenters. The number of rotatable bonds is 6. The van der Waals surface area contributed by atoms with Crippen molar-refractivity contribution in [1.82, 2.24) is 18.7 Å². The van der Waals surface area contributed by atoms with E-state index in [0.29, 0.717) is 11.7 Å². The number of hydrogen-bond donors (Lipinski definition) is 1. The fraction of sp³-hybridized carbons (Fsp3) is 0.588. The smallest absolute Gasteiger partial charge is 0.329 e. The Kier molecular flexibility index (Phi) is 7.83. The van der Waals surface area contributed by atoms with Gasteiger partial charge in [0.25, 0.3) is 5.56 Å². The fourth-order valence-electron chi connectivity index (χ4n) is 2.48. The lowest BCUT2D eigenvalue weighted by Gasteiger charge is -2.21. The molecule has 2 N–H and O–H groups in total. The number of alkyl halides is 3. The summed E-state index contributed by atoms with van der Waals surface area (Å²) in [6, 6.07) is 0. The number of nitrogens with two attached hydrogens (primary N) is 1. The van der Waals surface area contributed by atoms with Gasteiger partial charge < -0.3 is 10.3 Å². The van der Waals surface area contributed by atoms with E-state index in [1.54, 1.807) is 4.57 Å². The van der Waals surface area contributed by atoms with Crippen LogP contribution in [0.25, 0.3) is 11.2 Å². The zero-order valence-electron chi connectivity index (χ0n) is 16.8. The molecule has 0 fully saturated rings. The van der Waals surface area contributed by atoms with Gasteiger partial charge in [-0.25, -0.2) is 14.3 Å². The van der Waals surface area contributed by atoms with E-state index in [-0.39, 0.29) is 34.7 Å². The number of allylic oxidation sites excluding steroid dienone is 2. The second kappa shape index (κ2) is 8.97. The number of thioether (sulfide) groups is 1. The van der Waals surface area contributed by atoms with Crippen molar-refractivity contribution in [2.24, 2.45) is 12.8 Å². The van der Waals surface area contributed by atoms with Gasteiger partial charge in [0.05, 0.1) is 0 Å². The van der Waals surface area contributed by atoms with E-state index < -0.39 is 28.7 Å². The Hall–Kier alpha value is -1.72. The standard InChI is InChI=1S/C17H24F3N5O2S.ClH/c1-10(2)6-7-24-11-12(22-14(24)28-16(3,4)8-21)23(5)15(27)25(13(11)26)9-17(18,19)20;/h6H,7-9,21H2,1-5H3;1H. The summed E-state index contributed by atoms with van der Waals surface area (Å²) in [7, 11) is 1.30. The van der Waals surface area contributed by atoms with Gasteiger partial charge in [0, 0.05) is 24.9 Å². The summed E-state index contributed by atoms with van der Waals surface area (Å²) in [4.78, 5) is 29.6. The van der Waals surface area contributed by atoms with Crippen molar-refractivity contribution in [3.05, 3.63) is 32.5 Å². The Labute approximate surface area is 176 Å². The first kappa shape index (κ1) is 25.3. The van der Waals surface area contributed by atoms with Gasteiger partial charge in [0.2, 0.25) is 0 Å². The maximum Gasteiger partial charge on any atom is 0.406 e. The van der Waals surface area contributed by atoms with Crippen molar-refractivity contribution in [2.75, 3.05) is 6.54 Å². The first-order valence-corrected chi connectivity index (χ1v) is 9.38. The van der Waals surface area contributed by atoms with Crippen LogP contribution in [0, 0.1) is 0 Å². The highest BCUT2D eigenvalue weighted by molar-refractivity contribution is 8.00. The number of aryl methyl sites for hydroxylation is 1. The Bertz CT molecular complexity index is 1030. The molecule has 2 aromatic rings. The van der Waals surface area contributed by atoms with Crippen molar-refractivity contribution in [2.45, 2.75) is 56.9 Å². The fourth-order valence-corrected chi connectivity index (χ4v) is 3.47. The third-order valence-electron chi connectivity index (χ3n) is 4.08. The molecule has 164 valence electrons. The van der Waals surface area contributed by atoms with E-state index in [2.05, 4.69) is 4.98 Å². The number of nitrogens with zero attached hydrogens (tertiary/aromatic N) is 4. The van der Waals surface area contributed by atoms with Crippen molar-refractivity contribution < 1.29 is 13.2 Å². The lowest BCUT2D eigenvalue weighted by atomic mass is 10.2. The van der Waals surface area contributed by atoms with E-state index in [1.807, 2.05) is 33.8 Å². The summed E-state index contributed by atoms with van der Waals surface area (Å²) in [6.07, 6.45) is -2.87. The highest BCUT2D eigenvalue weighted by Gasteiger charge is 2.32. The summed E-state index contributed by atoms with van der Waals surface area (Å²) in [5.41, 5.74) is 4.69. The molecule has 2 rings (SSSR count). The predicted octanol–water partition coefficient (Wildman–Crippen LogP) is 2.68. The van der Waals surface area contributed by atoms with Gasteiger partial charge in [0.1, 0.15) is 6.54 Å². The second-order valence-electron chi connectivity index (χ2n) is 7.37. The van der Waals surface area contributed by atoms with Crippen LogP contribution in [-0.2, 0) is 20.1 Å². The van der Waals surface area contributed by atoms with Gasteiger partial charge in [0.15, 0.2) is 16.3 Å². The average molecular weight is 456 g/mol. The van der Waals surface area contributed by atoms with Gasteiger partial charge >= 0.3 is 11.9 Å². The van der Waals surface area contributed by atoms with Crippen LogP contribution >= 0.6 is 24.2 Å². The molecular formula is C17H25ClF3N5O2S. The summed E-state index contributed by atoms with van der Waals surface area (Å²) >= 11 is 1.30. The van der Waals surface area contributed by atoms with Crippen molar-refractivity contribution in [3.8, 4) is 0 Å². The van der Waals surface area contributed by atoms with E-state index in [0.717, 1.165) is 10.1 Å². The molecule has 2 heterocycles. The maximum absolute atomic E-state index is 12.9. The molecule has 0 spiro atoms. The average Bonchev–Trinajstić information content (AvgIpc) is 2.91. The number of halogens is 4. The zero-order chi connectivity index (χ0) is 21.4. The molecule has 0 aliphatic carbocycles. The van der Waals surface area contributed by atoms with Gasteiger partial charge in [-0.2, -0.15) is 13.2 Å². The molecule has 12 heteroatoms. The van der Waals surface area contributed by atoms with E-state index >= 15 is 0 Å². The normalized spacial score (nSPS) is 12.2. The van der Waals surface area contributed by atoms with Crippen LogP contribution in [0.4, 0.5) is 13.2 Å². The number of fused-ring (bicyclic) bond motifs is 1. The Morgan fingerprint density at radius 1 is 1.21 bits per heavy atom. The van der Waals surface area contributed by atoms with Gasteiger partial charge in [-0.05, 0) is 27.7 Å². The van der Waals surface area contributed by atoms with Gasteiger partial charge in [-0.1, -0.05) is 23.4 Å². The van der Waals surface area contributed by atoms with Crippen molar-refractivity contribution >= 4 is 35.3 Å². The molecule has 0 aliphatic heterocycles. The van der Waals surface area contributed by atoms with Gasteiger partial charge in [-0.15, -0.1) is 12.4 Å². The second-order valence-corrected chi connectivity index (χ2v) is 9.05. The van der Waals surface area contributed by atoms with E-state index in [4.69, 9.17) is 5.73 Å². The molecule has 0 amide bonds. The van der Waals surface area contributed by atoms with Gasteiger partial charge in [-0.3, -0.25) is 9.36 Å². The van der Waals surface area contributed by atoms with Crippen molar-refractivity contribution in [1.29, 1.82) is 0 Å². The quantitative estimate of drug-likeness (QED) is 0.534. The number of aromatic nitrogens is 4. The van der Waals surface area contributed by atoms with Crippen LogP contribution in [0.3, 0.4) is 0 Å². The van der Waals surface area contributed by atoms with E-state index in [1.165, 1.54) is 18.8 Å². The lowest BCUT2D eigenvalue weighted by Crippen LogP contribution is -2.42. The molecular weight excluding hydrogens is 431 g/mol. The molecule has 0 saturated carbocycles. The van der Waals surface area contributed by atoms with Crippen LogP contribution in [0.15, 0.2) is 26.4 Å². The predicted molar refractivity (Wildman–Crippen MR) is 111 cm³/mol. The Morgan fingerprint density at radius 2 is 1.79 bits per heavy atom. The number of imidazole rings is 1. The molecule has 0 bridgehead atoms. The molecule has 0 radical (unpaired) electrons. The lowest BCUT2D eigenvalue weighted by molar-refractivity contribution is -0.141. The minimum Gasteiger partial charge on any atom is -0.329 e. The summed E-state index contributed by atoms with van der Waals surface area (Å²) < 4.78 is 41.0. The minimum atomic E-state index is -4.70. The molecule has 0 saturated heterocycles. The summed E-state index contributed by atoms with van der Waals surface area (Å²) in [5, 5.41) is 0.416. The SMILES string of the molecule is CC(C)=CCn1c(SC(C)(C)CN)nc2c1c(=O)n(CC(F)(F)F)c(=O)n2C.Cl. The van der Waals surface area contributed by atoms with Crippen LogP contribution in [0.2, 0.25) is 0 Å². The van der Waals surface area contributed by atoms with E-state index in [9.17, 15) is 22.8 Å². The van der Waals surface area contributed by atoms with Crippen LogP contribution in [0.1, 0.15) is 27.7 Å². The molecule has 0 atom stereocenters. The highest BCUT2D eigenvalue weighted by atomic mass is 35.5. The molecule has 29 heavy (non-hydrogen) atoms. The topological polar surface area (TPSA) is 87.8 Å². The van der Waals surface area contributed by atoms with Crippen LogP contribution < -0.4 is 17.0 Å². The highest BCUT2D eigenvalue weighted by Crippen LogP contribution is 2.32. The summed E-state index contributed by atoms with van der Waals surface area (Å²) in [6.45, 7) is 6.43. The molecule has 0 aromatic carbocycles. The largest absolute Gasteiger partial charge is 0.406 e. The van der Waals surface area contributed by atoms with Crippen molar-refractivity contribution in [3.63, 3.8) is 0 Å². The van der Waals surface area contributed by atoms with Crippen LogP contribution in [0.5, 0.6) is 0 Å². The number of hydrogen-bond acceptors (Lipinski definition) is 5. The van der Waals surface area contributed by atoms with Crippen LogP contribution in [-0.4, -0.2) is 36.2 Å². The monoisotopic (exact) mass is 455 g/mol. The third kappa shape index (κ3) is 5.67. The maximum atomic E-state index is 12.9. The third-order valence-corrected chi connectivity index (χ3v) is 5.29. The first-order valence-electron chi connectivity index (χ1n) is 8.56. The Morgan fingerprint density at radius 3 is 2.28 bits per heavy atom.